The third kappa shape index (κ3) is 5.53. The molecule has 0 fully saturated rings. The van der Waals surface area contributed by atoms with Gasteiger partial charge < -0.3 is 9.57 Å². The number of ether oxygens (including phenoxy) is 1. The minimum atomic E-state index is -0.634. The Balaban J connectivity index is 2.12. The van der Waals surface area contributed by atoms with Crippen LogP contribution in [0.2, 0.25) is 0 Å². The molecule has 1 heterocycles. The van der Waals surface area contributed by atoms with E-state index in [0.717, 1.165) is 16.2 Å². The molecule has 6 nitrogen and oxygen atoms in total. The van der Waals surface area contributed by atoms with Crippen LogP contribution in [0, 0.1) is 0 Å². The molecule has 6 heteroatoms. The second-order valence-corrected chi connectivity index (χ2v) is 5.44. The summed E-state index contributed by atoms with van der Waals surface area (Å²) in [7, 11) is 1.52. The molecule has 0 radical (unpaired) electrons. The van der Waals surface area contributed by atoms with Gasteiger partial charge in [-0.1, -0.05) is 37.3 Å². The number of carbonyl (C=O) groups excluding carboxylic acids is 2. The Morgan fingerprint density at radius 3 is 2.65 bits per heavy atom. The summed E-state index contributed by atoms with van der Waals surface area (Å²) in [6, 6.07) is 11.0. The quantitative estimate of drug-likeness (QED) is 0.565. The molecule has 0 unspecified atom stereocenters. The standard InChI is InChI=1S/C20H22N2O4/c1-3-17-15-21-12-11-18(17)20(24)22(13-14-25-2)26-19(23)10-9-16-7-5-4-6-8-16/h4-12,15H,3,13-14H2,1-2H3. The third-order valence-corrected chi connectivity index (χ3v) is 3.65. The van der Waals surface area contributed by atoms with Gasteiger partial charge in [0.05, 0.1) is 13.2 Å². The Labute approximate surface area is 153 Å². The Morgan fingerprint density at radius 1 is 1.19 bits per heavy atom. The molecule has 26 heavy (non-hydrogen) atoms. The lowest BCUT2D eigenvalue weighted by Crippen LogP contribution is -2.36. The van der Waals surface area contributed by atoms with E-state index in [4.69, 9.17) is 9.57 Å². The lowest BCUT2D eigenvalue weighted by molar-refractivity contribution is -0.173. The molecule has 0 aliphatic rings. The average Bonchev–Trinajstić information content (AvgIpc) is 2.69. The van der Waals surface area contributed by atoms with Gasteiger partial charge in [-0.25, -0.2) is 4.79 Å². The lowest BCUT2D eigenvalue weighted by Gasteiger charge is -2.21. The van der Waals surface area contributed by atoms with Gasteiger partial charge in [0.15, 0.2) is 0 Å². The van der Waals surface area contributed by atoms with Crippen LogP contribution in [0.25, 0.3) is 6.08 Å². The highest BCUT2D eigenvalue weighted by Gasteiger charge is 2.21. The first kappa shape index (κ1) is 19.3. The van der Waals surface area contributed by atoms with E-state index < -0.39 is 11.9 Å². The predicted molar refractivity (Wildman–Crippen MR) is 98.1 cm³/mol. The molecule has 1 aromatic carbocycles. The summed E-state index contributed by atoms with van der Waals surface area (Å²) in [5.41, 5.74) is 2.11. The molecule has 0 atom stereocenters. The SMILES string of the molecule is CCc1cnccc1C(=O)N(CCOC)OC(=O)C=Cc1ccccc1. The number of rotatable bonds is 7. The molecule has 1 amide bonds. The van der Waals surface area contributed by atoms with Gasteiger partial charge in [-0.2, -0.15) is 5.06 Å². The van der Waals surface area contributed by atoms with Crippen molar-refractivity contribution in [3.05, 3.63) is 71.6 Å². The van der Waals surface area contributed by atoms with Gasteiger partial charge in [-0.3, -0.25) is 9.78 Å². The number of benzene rings is 1. The van der Waals surface area contributed by atoms with Gasteiger partial charge in [0, 0.05) is 31.1 Å². The second kappa shape index (κ2) is 10.1. The number of nitrogens with zero attached hydrogens (tertiary/aromatic N) is 2. The molecule has 2 rings (SSSR count). The van der Waals surface area contributed by atoms with E-state index in [0.29, 0.717) is 12.0 Å². The minimum absolute atomic E-state index is 0.131. The van der Waals surface area contributed by atoms with E-state index in [1.807, 2.05) is 37.3 Å². The maximum atomic E-state index is 12.8. The zero-order valence-corrected chi connectivity index (χ0v) is 14.9. The fraction of sp³-hybridized carbons (Fsp3) is 0.250. The van der Waals surface area contributed by atoms with Crippen molar-refractivity contribution >= 4 is 18.0 Å². The van der Waals surface area contributed by atoms with Crippen LogP contribution in [0.15, 0.2) is 54.9 Å². The molecular formula is C20H22N2O4. The van der Waals surface area contributed by atoms with Gasteiger partial charge in [0.2, 0.25) is 0 Å². The van der Waals surface area contributed by atoms with E-state index in [1.54, 1.807) is 18.3 Å². The summed E-state index contributed by atoms with van der Waals surface area (Å²) in [6.07, 6.45) is 6.74. The molecule has 0 spiro atoms. The van der Waals surface area contributed by atoms with Crippen molar-refractivity contribution in [2.45, 2.75) is 13.3 Å². The van der Waals surface area contributed by atoms with Crippen LogP contribution in [-0.2, 0) is 20.8 Å². The summed E-state index contributed by atoms with van der Waals surface area (Å²) < 4.78 is 5.01. The zero-order valence-electron chi connectivity index (χ0n) is 14.9. The van der Waals surface area contributed by atoms with Gasteiger partial charge >= 0.3 is 5.97 Å². The number of carbonyl (C=O) groups is 2. The van der Waals surface area contributed by atoms with Crippen molar-refractivity contribution in [1.82, 2.24) is 10.0 Å². The zero-order chi connectivity index (χ0) is 18.8. The van der Waals surface area contributed by atoms with Crippen LogP contribution in [-0.4, -0.2) is 42.2 Å². The van der Waals surface area contributed by atoms with Gasteiger partial charge in [0.1, 0.15) is 0 Å². The first-order valence-corrected chi connectivity index (χ1v) is 8.34. The summed E-state index contributed by atoms with van der Waals surface area (Å²) >= 11 is 0. The van der Waals surface area contributed by atoms with E-state index >= 15 is 0 Å². The highest BCUT2D eigenvalue weighted by Crippen LogP contribution is 2.12. The fourth-order valence-corrected chi connectivity index (χ4v) is 2.28. The molecule has 0 bridgehead atoms. The molecule has 0 N–H and O–H groups in total. The number of aromatic nitrogens is 1. The first-order valence-electron chi connectivity index (χ1n) is 8.34. The van der Waals surface area contributed by atoms with Crippen LogP contribution >= 0.6 is 0 Å². The number of amides is 1. The average molecular weight is 354 g/mol. The van der Waals surface area contributed by atoms with Gasteiger partial charge in [-0.05, 0) is 29.7 Å². The number of aryl methyl sites for hydroxylation is 1. The number of pyridine rings is 1. The van der Waals surface area contributed by atoms with Crippen molar-refractivity contribution in [2.24, 2.45) is 0 Å². The van der Waals surface area contributed by atoms with Crippen LogP contribution < -0.4 is 0 Å². The monoisotopic (exact) mass is 354 g/mol. The molecule has 0 saturated carbocycles. The molecule has 1 aromatic heterocycles. The number of methoxy groups -OCH3 is 1. The molecule has 0 aliphatic carbocycles. The Kier molecular flexibility index (Phi) is 7.51. The Hall–Kier alpha value is -2.99. The van der Waals surface area contributed by atoms with E-state index in [9.17, 15) is 9.59 Å². The van der Waals surface area contributed by atoms with Crippen molar-refractivity contribution in [1.29, 1.82) is 0 Å². The second-order valence-electron chi connectivity index (χ2n) is 5.44. The molecule has 2 aromatic rings. The highest BCUT2D eigenvalue weighted by atomic mass is 16.7. The Bertz CT molecular complexity index is 759. The fourth-order valence-electron chi connectivity index (χ4n) is 2.28. The third-order valence-electron chi connectivity index (χ3n) is 3.65. The van der Waals surface area contributed by atoms with Gasteiger partial charge in [0.25, 0.3) is 5.91 Å². The number of hydrogen-bond acceptors (Lipinski definition) is 5. The van der Waals surface area contributed by atoms with E-state index in [1.165, 1.54) is 19.4 Å². The Morgan fingerprint density at radius 2 is 1.96 bits per heavy atom. The predicted octanol–water partition coefficient (Wildman–Crippen LogP) is 2.90. The summed E-state index contributed by atoms with van der Waals surface area (Å²) in [5, 5.41) is 1.02. The summed E-state index contributed by atoms with van der Waals surface area (Å²) in [4.78, 5) is 34.2. The molecule has 0 aliphatic heterocycles. The minimum Gasteiger partial charge on any atom is -0.383 e. The highest BCUT2D eigenvalue weighted by molar-refractivity contribution is 5.96. The van der Waals surface area contributed by atoms with Crippen molar-refractivity contribution in [2.75, 3.05) is 20.3 Å². The van der Waals surface area contributed by atoms with E-state index in [2.05, 4.69) is 4.98 Å². The summed E-state index contributed by atoms with van der Waals surface area (Å²) in [6.45, 7) is 2.31. The van der Waals surface area contributed by atoms with Crippen LogP contribution in [0.3, 0.4) is 0 Å². The normalized spacial score (nSPS) is 10.7. The van der Waals surface area contributed by atoms with E-state index in [-0.39, 0.29) is 13.2 Å². The van der Waals surface area contributed by atoms with Crippen LogP contribution in [0.1, 0.15) is 28.4 Å². The van der Waals surface area contributed by atoms with Crippen molar-refractivity contribution in [3.8, 4) is 0 Å². The van der Waals surface area contributed by atoms with Crippen molar-refractivity contribution in [3.63, 3.8) is 0 Å². The maximum Gasteiger partial charge on any atom is 0.356 e. The summed E-state index contributed by atoms with van der Waals surface area (Å²) in [5.74, 6) is -1.03. The number of hydroxylamine groups is 2. The lowest BCUT2D eigenvalue weighted by atomic mass is 10.1. The van der Waals surface area contributed by atoms with Gasteiger partial charge in [-0.15, -0.1) is 0 Å². The molecule has 0 saturated heterocycles. The first-order chi connectivity index (χ1) is 12.7. The largest absolute Gasteiger partial charge is 0.383 e. The van der Waals surface area contributed by atoms with Crippen molar-refractivity contribution < 1.29 is 19.2 Å². The number of hydrogen-bond donors (Lipinski definition) is 0. The topological polar surface area (TPSA) is 68.7 Å². The molecule has 136 valence electrons. The van der Waals surface area contributed by atoms with Crippen LogP contribution in [0.4, 0.5) is 0 Å². The smallest absolute Gasteiger partial charge is 0.356 e. The maximum absolute atomic E-state index is 12.8. The molecular weight excluding hydrogens is 332 g/mol. The van der Waals surface area contributed by atoms with Crippen LogP contribution in [0.5, 0.6) is 0 Å².